The molecule has 1 saturated carbocycles. The van der Waals surface area contributed by atoms with Gasteiger partial charge in [0, 0.05) is 56.8 Å². The smallest absolute Gasteiger partial charge is 0.419 e. The zero-order chi connectivity index (χ0) is 31.8. The minimum absolute atomic E-state index is 0.0195. The molecule has 0 radical (unpaired) electrons. The largest absolute Gasteiger partial charge is 0.463 e. The molecule has 4 aliphatic rings. The summed E-state index contributed by atoms with van der Waals surface area (Å²) >= 11 is 6.06. The van der Waals surface area contributed by atoms with Gasteiger partial charge in [-0.05, 0) is 50.9 Å². The van der Waals surface area contributed by atoms with E-state index in [2.05, 4.69) is 20.8 Å². The lowest BCUT2D eigenvalue weighted by molar-refractivity contribution is -0.137. The van der Waals surface area contributed by atoms with Gasteiger partial charge in [-0.1, -0.05) is 23.7 Å². The van der Waals surface area contributed by atoms with Gasteiger partial charge in [-0.3, -0.25) is 4.90 Å². The van der Waals surface area contributed by atoms with Crippen LogP contribution in [0.4, 0.5) is 29.1 Å². The van der Waals surface area contributed by atoms with Crippen LogP contribution in [0.25, 0.3) is 0 Å². The molecule has 2 atom stereocenters. The van der Waals surface area contributed by atoms with E-state index >= 15 is 0 Å². The molecular weight excluding hydrogens is 610 g/mol. The first kappa shape index (κ1) is 31.7. The summed E-state index contributed by atoms with van der Waals surface area (Å²) in [5.74, 6) is 0.713. The van der Waals surface area contributed by atoms with Gasteiger partial charge >= 0.3 is 12.2 Å². The molecule has 1 aromatic heterocycles. The lowest BCUT2D eigenvalue weighted by atomic mass is 10.0. The summed E-state index contributed by atoms with van der Waals surface area (Å²) in [5.41, 5.74) is 0.594. The Kier molecular flexibility index (Phi) is 9.03. The Morgan fingerprint density at radius 3 is 2.64 bits per heavy atom. The molecule has 1 aromatic carbocycles. The molecule has 6 rings (SSSR count). The van der Waals surface area contributed by atoms with Crippen molar-refractivity contribution in [3.05, 3.63) is 52.3 Å². The molecule has 8 nitrogen and oxygen atoms in total. The van der Waals surface area contributed by atoms with Crippen LogP contribution < -0.4 is 14.5 Å². The van der Waals surface area contributed by atoms with Gasteiger partial charge in [0.15, 0.2) is 0 Å². The van der Waals surface area contributed by atoms with Crippen molar-refractivity contribution in [1.82, 2.24) is 19.8 Å². The molecule has 13 heteroatoms. The van der Waals surface area contributed by atoms with Crippen LogP contribution in [0.1, 0.15) is 49.4 Å². The first-order chi connectivity index (χ1) is 21.6. The highest BCUT2D eigenvalue weighted by Crippen LogP contribution is 2.47. The van der Waals surface area contributed by atoms with Crippen LogP contribution in [0.5, 0.6) is 6.01 Å². The van der Waals surface area contributed by atoms with Crippen molar-refractivity contribution in [2.75, 3.05) is 62.2 Å². The van der Waals surface area contributed by atoms with E-state index in [4.69, 9.17) is 26.3 Å². The summed E-state index contributed by atoms with van der Waals surface area (Å²) in [6.07, 6.45) is 1.86. The van der Waals surface area contributed by atoms with Crippen LogP contribution in [0, 0.1) is 16.7 Å². The van der Waals surface area contributed by atoms with Gasteiger partial charge in [-0.15, -0.1) is 0 Å². The van der Waals surface area contributed by atoms with Crippen molar-refractivity contribution in [3.63, 3.8) is 0 Å². The van der Waals surface area contributed by atoms with Gasteiger partial charge in [-0.25, -0.2) is 4.39 Å². The average molecular weight is 648 g/mol. The van der Waals surface area contributed by atoms with Crippen molar-refractivity contribution >= 4 is 23.1 Å². The van der Waals surface area contributed by atoms with Crippen LogP contribution in [0.2, 0.25) is 5.02 Å². The highest BCUT2D eigenvalue weighted by Gasteiger charge is 2.46. The van der Waals surface area contributed by atoms with E-state index in [0.29, 0.717) is 70.1 Å². The number of likely N-dealkylation sites (tertiary alicyclic amines) is 1. The van der Waals surface area contributed by atoms with Crippen LogP contribution in [0.15, 0.2) is 30.5 Å². The molecule has 4 heterocycles. The molecular formula is C32H38ClF4N7O. The Bertz CT molecular complexity index is 1460. The quantitative estimate of drug-likeness (QED) is 0.314. The van der Waals surface area contributed by atoms with Gasteiger partial charge in [-0.2, -0.15) is 28.4 Å². The lowest BCUT2D eigenvalue weighted by Gasteiger charge is -2.42. The fourth-order valence-corrected chi connectivity index (χ4v) is 7.14. The number of benzene rings is 1. The number of hydrogen-bond donors (Lipinski definition) is 0. The SMILES string of the molecule is CC=CN1CCN(c2nc(OCC3(CN4CC[C@H](F)C4)CC3)nc3c2CCN(c2cccc(Cl)c2C(F)(F)F)C3)CC1CC#N. The molecule has 0 N–H and O–H groups in total. The van der Waals surface area contributed by atoms with E-state index in [-0.39, 0.29) is 34.7 Å². The molecule has 1 unspecified atom stereocenters. The van der Waals surface area contributed by atoms with Gasteiger partial charge in [0.25, 0.3) is 0 Å². The highest BCUT2D eigenvalue weighted by atomic mass is 35.5. The maximum Gasteiger partial charge on any atom is 0.419 e. The third-order valence-electron chi connectivity index (χ3n) is 9.37. The topological polar surface area (TPSA) is 71.8 Å². The number of nitrogens with zero attached hydrogens (tertiary/aromatic N) is 7. The van der Waals surface area contributed by atoms with E-state index in [9.17, 15) is 22.8 Å². The third-order valence-corrected chi connectivity index (χ3v) is 9.69. The highest BCUT2D eigenvalue weighted by molar-refractivity contribution is 6.31. The van der Waals surface area contributed by atoms with Gasteiger partial charge < -0.3 is 19.4 Å². The predicted molar refractivity (Wildman–Crippen MR) is 164 cm³/mol. The number of anilines is 2. The third kappa shape index (κ3) is 6.94. The average Bonchev–Trinajstić information content (AvgIpc) is 3.65. The van der Waals surface area contributed by atoms with Gasteiger partial charge in [0.2, 0.25) is 0 Å². The summed E-state index contributed by atoms with van der Waals surface area (Å²) in [4.78, 5) is 17.8. The molecule has 3 fully saturated rings. The summed E-state index contributed by atoms with van der Waals surface area (Å²) in [6, 6.07) is 6.69. The molecule has 3 aliphatic heterocycles. The van der Waals surface area contributed by atoms with Gasteiger partial charge in [0.1, 0.15) is 12.0 Å². The Hall–Kier alpha value is -3.30. The maximum atomic E-state index is 14.1. The number of piperazine rings is 1. The fourth-order valence-electron chi connectivity index (χ4n) is 6.86. The van der Waals surface area contributed by atoms with E-state index in [1.54, 1.807) is 4.90 Å². The lowest BCUT2D eigenvalue weighted by Crippen LogP contribution is -2.51. The second kappa shape index (κ2) is 12.8. The van der Waals surface area contributed by atoms with E-state index in [1.807, 2.05) is 19.2 Å². The molecule has 0 amide bonds. The standard InChI is InChI=1S/C32H38ClF4N7O/c1-2-12-42-15-16-44(18-23(42)6-11-38)29-24-8-14-43(27-5-3-4-25(33)28(27)32(35,36)37)19-26(24)39-30(40-29)45-21-31(9-10-31)20-41-13-7-22(34)17-41/h2-5,12,22-23H,6-10,13-21H2,1H3/t22-,23?/m0/s1. The molecule has 1 aliphatic carbocycles. The number of ether oxygens (including phenoxy) is 1. The summed E-state index contributed by atoms with van der Waals surface area (Å²) < 4.78 is 62.3. The van der Waals surface area contributed by atoms with Crippen molar-refractivity contribution in [3.8, 4) is 12.1 Å². The van der Waals surface area contributed by atoms with Crippen LogP contribution in [-0.2, 0) is 19.1 Å². The number of aromatic nitrogens is 2. The van der Waals surface area contributed by atoms with Crippen LogP contribution in [0.3, 0.4) is 0 Å². The van der Waals surface area contributed by atoms with Crippen LogP contribution in [-0.4, -0.2) is 84.4 Å². The van der Waals surface area contributed by atoms with E-state index in [1.165, 1.54) is 18.2 Å². The minimum Gasteiger partial charge on any atom is -0.463 e. The zero-order valence-electron chi connectivity index (χ0n) is 25.4. The number of nitriles is 1. The Balaban J connectivity index is 1.30. The normalized spacial score (nSPS) is 23.4. The molecule has 45 heavy (non-hydrogen) atoms. The summed E-state index contributed by atoms with van der Waals surface area (Å²) in [7, 11) is 0. The summed E-state index contributed by atoms with van der Waals surface area (Å²) in [5, 5.41) is 9.18. The first-order valence-corrected chi connectivity index (χ1v) is 16.0. The molecule has 0 spiro atoms. The second-order valence-corrected chi connectivity index (χ2v) is 13.1. The van der Waals surface area contributed by atoms with Gasteiger partial charge in [0.05, 0.1) is 53.7 Å². The van der Waals surface area contributed by atoms with Crippen molar-refractivity contribution in [1.29, 1.82) is 5.26 Å². The Labute approximate surface area is 266 Å². The monoisotopic (exact) mass is 647 g/mol. The summed E-state index contributed by atoms with van der Waals surface area (Å²) in [6.45, 7) is 6.69. The molecule has 242 valence electrons. The Morgan fingerprint density at radius 1 is 1.13 bits per heavy atom. The number of fused-ring (bicyclic) bond motifs is 1. The van der Waals surface area contributed by atoms with Crippen molar-refractivity contribution < 1.29 is 22.3 Å². The number of rotatable bonds is 9. The fraction of sp³-hybridized carbons (Fsp3) is 0.594. The molecule has 0 bridgehead atoms. The predicted octanol–water partition coefficient (Wildman–Crippen LogP) is 5.85. The first-order valence-electron chi connectivity index (χ1n) is 15.6. The number of halogens is 5. The number of allylic oxidation sites excluding steroid dienone is 1. The molecule has 2 aromatic rings. The van der Waals surface area contributed by atoms with E-state index < -0.39 is 17.9 Å². The number of hydrogen-bond acceptors (Lipinski definition) is 8. The maximum absolute atomic E-state index is 14.1. The van der Waals surface area contributed by atoms with Crippen molar-refractivity contribution in [2.45, 2.75) is 64.0 Å². The van der Waals surface area contributed by atoms with Crippen molar-refractivity contribution in [2.24, 2.45) is 5.41 Å². The Morgan fingerprint density at radius 2 is 1.96 bits per heavy atom. The van der Waals surface area contributed by atoms with E-state index in [0.717, 1.165) is 31.5 Å². The molecule has 2 saturated heterocycles. The second-order valence-electron chi connectivity index (χ2n) is 12.7. The number of alkyl halides is 4. The minimum atomic E-state index is -4.61. The zero-order valence-corrected chi connectivity index (χ0v) is 26.1. The van der Waals surface area contributed by atoms with Crippen LogP contribution >= 0.6 is 11.6 Å².